The number of hydrogen-bond acceptors (Lipinski definition) is 1. The van der Waals surface area contributed by atoms with E-state index in [4.69, 9.17) is 0 Å². The summed E-state index contributed by atoms with van der Waals surface area (Å²) in [5, 5.41) is 0. The molecule has 0 amide bonds. The van der Waals surface area contributed by atoms with Crippen molar-refractivity contribution in [3.8, 4) is 0 Å². The summed E-state index contributed by atoms with van der Waals surface area (Å²) >= 11 is 3.17. The standard InChI is InChI=1S/C15H12BrFO/c1-10-2-4-11(5-3-10)8-15(18)13-7-6-12(16)9-14(13)17/h2-7,9H,8H2,1H3. The predicted molar refractivity (Wildman–Crippen MR) is 73.3 cm³/mol. The molecule has 2 aromatic rings. The Bertz CT molecular complexity index is 576. The van der Waals surface area contributed by atoms with Gasteiger partial charge in [0.15, 0.2) is 5.78 Å². The molecular formula is C15H12BrFO. The summed E-state index contributed by atoms with van der Waals surface area (Å²) < 4.78 is 14.2. The number of Topliss-reactive ketones (excluding diaryl/α,β-unsaturated/α-hetero) is 1. The third-order valence-electron chi connectivity index (χ3n) is 2.72. The first kappa shape index (κ1) is 13.0. The van der Waals surface area contributed by atoms with Crippen LogP contribution in [0.1, 0.15) is 21.5 Å². The van der Waals surface area contributed by atoms with Crippen LogP contribution < -0.4 is 0 Å². The molecule has 0 aliphatic heterocycles. The number of ketones is 1. The van der Waals surface area contributed by atoms with Crippen LogP contribution >= 0.6 is 15.9 Å². The molecule has 0 aromatic heterocycles. The van der Waals surface area contributed by atoms with Crippen LogP contribution in [-0.2, 0) is 6.42 Å². The SMILES string of the molecule is Cc1ccc(CC(=O)c2ccc(Br)cc2F)cc1. The van der Waals surface area contributed by atoms with Crippen LogP contribution in [0.15, 0.2) is 46.9 Å². The van der Waals surface area contributed by atoms with E-state index >= 15 is 0 Å². The fourth-order valence-corrected chi connectivity index (χ4v) is 2.04. The fourth-order valence-electron chi connectivity index (χ4n) is 1.70. The second-order valence-corrected chi connectivity index (χ2v) is 5.13. The Kier molecular flexibility index (Phi) is 3.92. The molecule has 0 bridgehead atoms. The Hall–Kier alpha value is -1.48. The summed E-state index contributed by atoms with van der Waals surface area (Å²) in [5.74, 6) is -0.690. The minimum atomic E-state index is -0.485. The van der Waals surface area contributed by atoms with Gasteiger partial charge in [0.2, 0.25) is 0 Å². The van der Waals surface area contributed by atoms with E-state index in [0.29, 0.717) is 4.47 Å². The molecular weight excluding hydrogens is 295 g/mol. The number of carbonyl (C=O) groups is 1. The Morgan fingerprint density at radius 2 is 1.83 bits per heavy atom. The molecule has 0 N–H and O–H groups in total. The Labute approximate surface area is 114 Å². The van der Waals surface area contributed by atoms with E-state index in [1.54, 1.807) is 6.07 Å². The summed E-state index contributed by atoms with van der Waals surface area (Å²) in [5.41, 5.74) is 2.17. The highest BCUT2D eigenvalue weighted by atomic mass is 79.9. The van der Waals surface area contributed by atoms with Crippen molar-refractivity contribution in [3.63, 3.8) is 0 Å². The zero-order valence-electron chi connectivity index (χ0n) is 9.91. The van der Waals surface area contributed by atoms with Crippen molar-refractivity contribution in [2.75, 3.05) is 0 Å². The Morgan fingerprint density at radius 1 is 1.17 bits per heavy atom. The summed E-state index contributed by atoms with van der Waals surface area (Å²) in [6, 6.07) is 12.2. The van der Waals surface area contributed by atoms with Gasteiger partial charge in [0.25, 0.3) is 0 Å². The van der Waals surface area contributed by atoms with Crippen LogP contribution in [0.4, 0.5) is 4.39 Å². The Morgan fingerprint density at radius 3 is 2.44 bits per heavy atom. The highest BCUT2D eigenvalue weighted by Crippen LogP contribution is 2.17. The molecule has 0 atom stereocenters. The van der Waals surface area contributed by atoms with E-state index in [9.17, 15) is 9.18 Å². The lowest BCUT2D eigenvalue weighted by Gasteiger charge is -2.04. The van der Waals surface area contributed by atoms with Crippen LogP contribution in [0, 0.1) is 12.7 Å². The molecule has 0 saturated heterocycles. The third kappa shape index (κ3) is 3.05. The minimum Gasteiger partial charge on any atom is -0.294 e. The van der Waals surface area contributed by atoms with E-state index in [-0.39, 0.29) is 17.8 Å². The van der Waals surface area contributed by atoms with Crippen LogP contribution in [-0.4, -0.2) is 5.78 Å². The van der Waals surface area contributed by atoms with Crippen LogP contribution in [0.25, 0.3) is 0 Å². The Balaban J connectivity index is 2.19. The third-order valence-corrected chi connectivity index (χ3v) is 3.21. The van der Waals surface area contributed by atoms with Crippen molar-refractivity contribution in [1.82, 2.24) is 0 Å². The van der Waals surface area contributed by atoms with Crippen molar-refractivity contribution in [2.45, 2.75) is 13.3 Å². The number of halogens is 2. The molecule has 0 unspecified atom stereocenters. The number of hydrogen-bond donors (Lipinski definition) is 0. The van der Waals surface area contributed by atoms with Gasteiger partial charge >= 0.3 is 0 Å². The maximum absolute atomic E-state index is 13.6. The van der Waals surface area contributed by atoms with Gasteiger partial charge in [0, 0.05) is 10.9 Å². The van der Waals surface area contributed by atoms with Gasteiger partial charge in [-0.05, 0) is 30.7 Å². The van der Waals surface area contributed by atoms with Crippen molar-refractivity contribution < 1.29 is 9.18 Å². The van der Waals surface area contributed by atoms with Crippen LogP contribution in [0.3, 0.4) is 0 Å². The largest absolute Gasteiger partial charge is 0.294 e. The van der Waals surface area contributed by atoms with Gasteiger partial charge in [0.1, 0.15) is 5.82 Å². The topological polar surface area (TPSA) is 17.1 Å². The number of benzene rings is 2. The van der Waals surface area contributed by atoms with Gasteiger partial charge in [-0.15, -0.1) is 0 Å². The molecule has 1 nitrogen and oxygen atoms in total. The van der Waals surface area contributed by atoms with Crippen molar-refractivity contribution in [2.24, 2.45) is 0 Å². The van der Waals surface area contributed by atoms with E-state index in [1.165, 1.54) is 12.1 Å². The fraction of sp³-hybridized carbons (Fsp3) is 0.133. The van der Waals surface area contributed by atoms with E-state index in [2.05, 4.69) is 15.9 Å². The molecule has 0 radical (unpaired) electrons. The first-order chi connectivity index (χ1) is 8.56. The molecule has 0 saturated carbocycles. The van der Waals surface area contributed by atoms with Crippen LogP contribution in [0.2, 0.25) is 0 Å². The average molecular weight is 307 g/mol. The summed E-state index contributed by atoms with van der Waals surface area (Å²) in [6.07, 6.45) is 0.221. The normalized spacial score (nSPS) is 10.4. The monoisotopic (exact) mass is 306 g/mol. The van der Waals surface area contributed by atoms with Gasteiger partial charge in [-0.3, -0.25) is 4.79 Å². The van der Waals surface area contributed by atoms with Crippen molar-refractivity contribution in [3.05, 3.63) is 69.4 Å². The molecule has 0 aliphatic carbocycles. The van der Waals surface area contributed by atoms with Crippen molar-refractivity contribution >= 4 is 21.7 Å². The average Bonchev–Trinajstić information content (AvgIpc) is 2.32. The molecule has 18 heavy (non-hydrogen) atoms. The van der Waals surface area contributed by atoms with Crippen LogP contribution in [0.5, 0.6) is 0 Å². The second-order valence-electron chi connectivity index (χ2n) is 4.21. The van der Waals surface area contributed by atoms with E-state index < -0.39 is 5.82 Å². The highest BCUT2D eigenvalue weighted by Gasteiger charge is 2.12. The molecule has 3 heteroatoms. The first-order valence-corrected chi connectivity index (χ1v) is 6.39. The molecule has 0 spiro atoms. The minimum absolute atomic E-state index is 0.138. The molecule has 92 valence electrons. The molecule has 2 aromatic carbocycles. The summed E-state index contributed by atoms with van der Waals surface area (Å²) in [4.78, 5) is 12.0. The van der Waals surface area contributed by atoms with Gasteiger partial charge in [-0.25, -0.2) is 4.39 Å². The van der Waals surface area contributed by atoms with Gasteiger partial charge in [-0.2, -0.15) is 0 Å². The maximum atomic E-state index is 13.6. The van der Waals surface area contributed by atoms with E-state index in [1.807, 2.05) is 31.2 Å². The summed E-state index contributed by atoms with van der Waals surface area (Å²) in [6.45, 7) is 1.99. The molecule has 2 rings (SSSR count). The maximum Gasteiger partial charge on any atom is 0.170 e. The van der Waals surface area contributed by atoms with Gasteiger partial charge < -0.3 is 0 Å². The predicted octanol–water partition coefficient (Wildman–Crippen LogP) is 4.32. The lowest BCUT2D eigenvalue weighted by Crippen LogP contribution is -2.06. The highest BCUT2D eigenvalue weighted by molar-refractivity contribution is 9.10. The molecule has 0 aliphatic rings. The quantitative estimate of drug-likeness (QED) is 0.772. The number of carbonyl (C=O) groups excluding carboxylic acids is 1. The molecule has 0 heterocycles. The zero-order valence-corrected chi connectivity index (χ0v) is 11.5. The smallest absolute Gasteiger partial charge is 0.170 e. The lowest BCUT2D eigenvalue weighted by molar-refractivity contribution is 0.0989. The second kappa shape index (κ2) is 5.44. The van der Waals surface area contributed by atoms with Gasteiger partial charge in [0.05, 0.1) is 5.56 Å². The summed E-state index contributed by atoms with van der Waals surface area (Å²) in [7, 11) is 0. The van der Waals surface area contributed by atoms with Gasteiger partial charge in [-0.1, -0.05) is 45.8 Å². The molecule has 0 fully saturated rings. The number of rotatable bonds is 3. The zero-order chi connectivity index (χ0) is 13.1. The van der Waals surface area contributed by atoms with E-state index in [0.717, 1.165) is 11.1 Å². The number of aryl methyl sites for hydroxylation is 1. The lowest BCUT2D eigenvalue weighted by atomic mass is 10.0. The van der Waals surface area contributed by atoms with Crippen molar-refractivity contribution in [1.29, 1.82) is 0 Å². The first-order valence-electron chi connectivity index (χ1n) is 5.60.